The number of benzene rings is 2. The summed E-state index contributed by atoms with van der Waals surface area (Å²) in [5, 5.41) is 3.59. The van der Waals surface area contributed by atoms with Gasteiger partial charge in [-0.05, 0) is 122 Å². The van der Waals surface area contributed by atoms with Crippen molar-refractivity contribution in [2.24, 2.45) is 5.73 Å². The van der Waals surface area contributed by atoms with Crippen molar-refractivity contribution in [1.82, 2.24) is 10.2 Å². The van der Waals surface area contributed by atoms with Gasteiger partial charge in [0, 0.05) is 24.4 Å². The molecule has 4 nitrogen and oxygen atoms in total. The van der Waals surface area contributed by atoms with Crippen LogP contribution in [0.4, 0.5) is 0 Å². The van der Waals surface area contributed by atoms with Crippen molar-refractivity contribution in [2.75, 3.05) is 19.6 Å². The average molecular weight is 456 g/mol. The Kier molecular flexibility index (Phi) is 6.60. The van der Waals surface area contributed by atoms with E-state index in [1.807, 2.05) is 12.1 Å². The zero-order valence-electron chi connectivity index (χ0n) is 20.6. The lowest BCUT2D eigenvalue weighted by molar-refractivity contribution is 0.100. The number of dihydropyridines is 1. The fourth-order valence-electron chi connectivity index (χ4n) is 6.19. The Morgan fingerprint density at radius 1 is 1.00 bits per heavy atom. The standard InChI is InChI=1S/C30H37N3O/c1-20-25(22-10-8-11-23(17-22)30(31)34)13-14-26(21(2)33-15-6-3-7-16-33)29(20)28-19-32-18-24-9-4-5-12-27(24)28/h8,10-11,13-14,17-18,21,32H,3-7,9,12,15-16,19H2,1-2H3,(H2,31,34). The predicted octanol–water partition coefficient (Wildman–Crippen LogP) is 6.12. The van der Waals surface area contributed by atoms with E-state index in [2.05, 4.69) is 48.5 Å². The van der Waals surface area contributed by atoms with Crippen molar-refractivity contribution in [1.29, 1.82) is 0 Å². The molecule has 1 aliphatic carbocycles. The fourth-order valence-corrected chi connectivity index (χ4v) is 6.19. The summed E-state index contributed by atoms with van der Waals surface area (Å²) in [5.41, 5.74) is 17.1. The highest BCUT2D eigenvalue weighted by Crippen LogP contribution is 2.42. The van der Waals surface area contributed by atoms with Crippen LogP contribution in [0.2, 0.25) is 0 Å². The van der Waals surface area contributed by atoms with Crippen molar-refractivity contribution in [2.45, 2.75) is 64.8 Å². The molecule has 0 spiro atoms. The van der Waals surface area contributed by atoms with Crippen LogP contribution in [0.15, 0.2) is 53.7 Å². The summed E-state index contributed by atoms with van der Waals surface area (Å²) in [6.07, 6.45) is 11.1. The number of nitrogens with one attached hydrogen (secondary N) is 1. The van der Waals surface area contributed by atoms with Crippen LogP contribution in [0.3, 0.4) is 0 Å². The van der Waals surface area contributed by atoms with E-state index >= 15 is 0 Å². The molecular weight excluding hydrogens is 418 g/mol. The van der Waals surface area contributed by atoms with Crippen LogP contribution < -0.4 is 11.1 Å². The second-order valence-electron chi connectivity index (χ2n) is 10.1. The number of primary amides is 1. The van der Waals surface area contributed by atoms with E-state index in [1.54, 1.807) is 11.6 Å². The molecule has 4 heteroatoms. The molecule has 1 saturated heterocycles. The molecule has 178 valence electrons. The number of amides is 1. The minimum absolute atomic E-state index is 0.381. The molecule has 0 radical (unpaired) electrons. The number of fused-ring (bicyclic) bond motifs is 1. The van der Waals surface area contributed by atoms with Crippen molar-refractivity contribution in [3.63, 3.8) is 0 Å². The second-order valence-corrected chi connectivity index (χ2v) is 10.1. The topological polar surface area (TPSA) is 58.4 Å². The molecule has 1 saturated carbocycles. The van der Waals surface area contributed by atoms with Crippen LogP contribution in [0, 0.1) is 6.92 Å². The zero-order valence-corrected chi connectivity index (χ0v) is 20.6. The first-order chi connectivity index (χ1) is 16.5. The maximum absolute atomic E-state index is 11.9. The van der Waals surface area contributed by atoms with Crippen LogP contribution in [-0.2, 0) is 0 Å². The minimum Gasteiger partial charge on any atom is -0.387 e. The van der Waals surface area contributed by atoms with E-state index in [1.165, 1.54) is 91.4 Å². The van der Waals surface area contributed by atoms with E-state index in [-0.39, 0.29) is 5.91 Å². The van der Waals surface area contributed by atoms with E-state index < -0.39 is 0 Å². The molecule has 2 aliphatic heterocycles. The number of nitrogens with two attached hydrogens (primary N) is 1. The monoisotopic (exact) mass is 455 g/mol. The minimum atomic E-state index is -0.381. The lowest BCUT2D eigenvalue weighted by Gasteiger charge is -2.36. The first-order valence-electron chi connectivity index (χ1n) is 13.0. The number of carbonyl (C=O) groups excluding carboxylic acids is 1. The summed E-state index contributed by atoms with van der Waals surface area (Å²) in [5.74, 6) is -0.381. The van der Waals surface area contributed by atoms with Gasteiger partial charge in [-0.3, -0.25) is 9.69 Å². The lowest BCUT2D eigenvalue weighted by Crippen LogP contribution is -2.33. The highest BCUT2D eigenvalue weighted by atomic mass is 16.1. The van der Waals surface area contributed by atoms with Gasteiger partial charge < -0.3 is 11.1 Å². The zero-order chi connectivity index (χ0) is 23.7. The third-order valence-corrected chi connectivity index (χ3v) is 8.08. The van der Waals surface area contributed by atoms with Gasteiger partial charge in [0.15, 0.2) is 0 Å². The number of likely N-dealkylation sites (tertiary alicyclic amines) is 1. The number of nitrogens with zero attached hydrogens (tertiary/aromatic N) is 1. The van der Waals surface area contributed by atoms with Crippen molar-refractivity contribution in [3.8, 4) is 11.1 Å². The Labute approximate surface area is 203 Å². The van der Waals surface area contributed by atoms with Crippen LogP contribution >= 0.6 is 0 Å². The third-order valence-electron chi connectivity index (χ3n) is 8.08. The first kappa shape index (κ1) is 22.9. The first-order valence-corrected chi connectivity index (χ1v) is 13.0. The molecule has 3 N–H and O–H groups in total. The maximum Gasteiger partial charge on any atom is 0.248 e. The van der Waals surface area contributed by atoms with Gasteiger partial charge in [-0.2, -0.15) is 0 Å². The fraction of sp³-hybridized carbons (Fsp3) is 0.433. The Balaban J connectivity index is 1.68. The average Bonchev–Trinajstić information content (AvgIpc) is 2.88. The molecule has 1 amide bonds. The van der Waals surface area contributed by atoms with E-state index in [0.29, 0.717) is 11.6 Å². The molecule has 1 unspecified atom stereocenters. The highest BCUT2D eigenvalue weighted by molar-refractivity contribution is 5.94. The number of hydrogen-bond acceptors (Lipinski definition) is 3. The van der Waals surface area contributed by atoms with Gasteiger partial charge in [-0.25, -0.2) is 0 Å². The van der Waals surface area contributed by atoms with Crippen LogP contribution in [0.5, 0.6) is 0 Å². The summed E-state index contributed by atoms with van der Waals surface area (Å²) in [6.45, 7) is 7.89. The molecule has 1 atom stereocenters. The molecule has 2 aromatic rings. The van der Waals surface area contributed by atoms with E-state index in [4.69, 9.17) is 5.73 Å². The van der Waals surface area contributed by atoms with Gasteiger partial charge in [-0.1, -0.05) is 30.7 Å². The van der Waals surface area contributed by atoms with E-state index in [0.717, 1.165) is 12.1 Å². The summed E-state index contributed by atoms with van der Waals surface area (Å²) < 4.78 is 0. The van der Waals surface area contributed by atoms with Crippen LogP contribution in [0.25, 0.3) is 16.7 Å². The summed E-state index contributed by atoms with van der Waals surface area (Å²) in [4.78, 5) is 14.5. The third kappa shape index (κ3) is 4.32. The number of allylic oxidation sites excluding steroid dienone is 2. The van der Waals surface area contributed by atoms with Crippen molar-refractivity contribution >= 4 is 11.5 Å². The van der Waals surface area contributed by atoms with Gasteiger partial charge in [-0.15, -0.1) is 0 Å². The Morgan fingerprint density at radius 2 is 1.79 bits per heavy atom. The van der Waals surface area contributed by atoms with Gasteiger partial charge in [0.2, 0.25) is 5.91 Å². The maximum atomic E-state index is 11.9. The molecule has 0 bridgehead atoms. The van der Waals surface area contributed by atoms with Gasteiger partial charge in [0.1, 0.15) is 0 Å². The smallest absolute Gasteiger partial charge is 0.248 e. The van der Waals surface area contributed by atoms with Crippen molar-refractivity contribution < 1.29 is 4.79 Å². The molecule has 34 heavy (non-hydrogen) atoms. The lowest BCUT2D eigenvalue weighted by atomic mass is 9.78. The predicted molar refractivity (Wildman–Crippen MR) is 140 cm³/mol. The second kappa shape index (κ2) is 9.79. The van der Waals surface area contributed by atoms with Gasteiger partial charge in [0.25, 0.3) is 0 Å². The number of rotatable bonds is 5. The SMILES string of the molecule is Cc1c(-c2cccc(C(N)=O)c2)ccc(C(C)N2CCCCC2)c1C1=C2CCCCC2=CNC1. The summed E-state index contributed by atoms with van der Waals surface area (Å²) >= 11 is 0. The van der Waals surface area contributed by atoms with Crippen LogP contribution in [-0.4, -0.2) is 30.4 Å². The number of hydrogen-bond donors (Lipinski definition) is 2. The highest BCUT2D eigenvalue weighted by Gasteiger charge is 2.28. The van der Waals surface area contributed by atoms with E-state index in [9.17, 15) is 4.79 Å². The van der Waals surface area contributed by atoms with Crippen molar-refractivity contribution in [3.05, 3.63) is 76.0 Å². The normalized spacial score (nSPS) is 19.8. The molecule has 2 heterocycles. The van der Waals surface area contributed by atoms with Gasteiger partial charge in [0.05, 0.1) is 0 Å². The molecule has 5 rings (SSSR count). The molecular formula is C30H37N3O. The summed E-state index contributed by atoms with van der Waals surface area (Å²) in [6, 6.07) is 12.7. The Morgan fingerprint density at radius 3 is 2.59 bits per heavy atom. The number of carbonyl (C=O) groups is 1. The van der Waals surface area contributed by atoms with Crippen LogP contribution in [0.1, 0.15) is 85.0 Å². The molecule has 0 aromatic heterocycles. The quantitative estimate of drug-likeness (QED) is 0.571. The summed E-state index contributed by atoms with van der Waals surface area (Å²) in [7, 11) is 0. The largest absolute Gasteiger partial charge is 0.387 e. The molecule has 2 fully saturated rings. The Bertz CT molecular complexity index is 1150. The Hall–Kier alpha value is -2.85. The molecule has 3 aliphatic rings. The van der Waals surface area contributed by atoms with Gasteiger partial charge >= 0.3 is 0 Å². The number of piperidine rings is 1. The molecule has 2 aromatic carbocycles.